The van der Waals surface area contributed by atoms with E-state index < -0.39 is 35.3 Å². The highest BCUT2D eigenvalue weighted by molar-refractivity contribution is 7.92. The Morgan fingerprint density at radius 2 is 1.94 bits per heavy atom. The second kappa shape index (κ2) is 7.88. The van der Waals surface area contributed by atoms with Gasteiger partial charge >= 0.3 is 6.18 Å². The van der Waals surface area contributed by atoms with Gasteiger partial charge in [-0.3, -0.25) is 9.48 Å². The van der Waals surface area contributed by atoms with Crippen LogP contribution in [0.25, 0.3) is 0 Å². The number of alkyl halides is 3. The van der Waals surface area contributed by atoms with Gasteiger partial charge in [0.2, 0.25) is 0 Å². The van der Waals surface area contributed by atoms with E-state index in [1.807, 2.05) is 0 Å². The summed E-state index contributed by atoms with van der Waals surface area (Å²) in [6.07, 6.45) is -5.51. The zero-order chi connectivity index (χ0) is 22.6. The van der Waals surface area contributed by atoms with E-state index in [9.17, 15) is 22.5 Å². The molecule has 1 aromatic carbocycles. The molecule has 0 spiro atoms. The minimum Gasteiger partial charge on any atom is -0.616 e. The molecule has 1 atom stereocenters. The maximum Gasteiger partial charge on any atom is 0.435 e. The summed E-state index contributed by atoms with van der Waals surface area (Å²) in [6.45, 7) is 0. The van der Waals surface area contributed by atoms with Gasteiger partial charge in [-0.1, -0.05) is 28.4 Å². The van der Waals surface area contributed by atoms with Gasteiger partial charge in [-0.2, -0.15) is 18.3 Å². The fourth-order valence-corrected chi connectivity index (χ4v) is 4.88. The Morgan fingerprint density at radius 1 is 1.29 bits per heavy atom. The Balaban J connectivity index is 1.60. The number of rotatable bonds is 4. The van der Waals surface area contributed by atoms with E-state index in [-0.39, 0.29) is 38.8 Å². The normalized spacial score (nSPS) is 25.6. The molecule has 13 heteroatoms. The predicted molar refractivity (Wildman–Crippen MR) is 109 cm³/mol. The van der Waals surface area contributed by atoms with Crippen LogP contribution in [0, 0.1) is 0 Å². The zero-order valence-electron chi connectivity index (χ0n) is 15.9. The van der Waals surface area contributed by atoms with E-state index in [0.29, 0.717) is 11.5 Å². The molecule has 1 unspecified atom stereocenters. The van der Waals surface area contributed by atoms with Gasteiger partial charge < -0.3 is 14.7 Å². The first kappa shape index (κ1) is 22.3. The molecule has 1 N–H and O–H groups in total. The molecule has 166 valence electrons. The van der Waals surface area contributed by atoms with E-state index in [4.69, 9.17) is 28.0 Å². The number of amides is 1. The lowest BCUT2D eigenvalue weighted by Gasteiger charge is -2.29. The molecule has 3 heterocycles. The number of halogens is 5. The van der Waals surface area contributed by atoms with Crippen LogP contribution in [0.15, 0.2) is 29.4 Å². The number of aromatic nitrogens is 2. The highest BCUT2D eigenvalue weighted by atomic mass is 35.5. The number of hydrogen-bond donors (Lipinski definition) is 1. The SMILES string of the molecule is Cn1nc(C2=NOC(c3cc(Cl)cc(Cl)c3)(C(F)(F)F)C2)cc1C(=O)NC1C[S+]([O-])C1. The van der Waals surface area contributed by atoms with Crippen molar-refractivity contribution in [2.45, 2.75) is 24.2 Å². The monoisotopic (exact) mass is 494 g/mol. The largest absolute Gasteiger partial charge is 0.616 e. The lowest BCUT2D eigenvalue weighted by molar-refractivity contribution is -0.275. The van der Waals surface area contributed by atoms with Crippen molar-refractivity contribution in [3.8, 4) is 0 Å². The first-order valence-corrected chi connectivity index (χ1v) is 11.2. The van der Waals surface area contributed by atoms with Crippen LogP contribution in [0.4, 0.5) is 13.2 Å². The van der Waals surface area contributed by atoms with Crippen LogP contribution in [-0.4, -0.2) is 49.7 Å². The summed E-state index contributed by atoms with van der Waals surface area (Å²) in [5.41, 5.74) is -2.95. The van der Waals surface area contributed by atoms with E-state index >= 15 is 0 Å². The summed E-state index contributed by atoms with van der Waals surface area (Å²) >= 11 is 10.9. The minimum atomic E-state index is -4.83. The molecular weight excluding hydrogens is 480 g/mol. The van der Waals surface area contributed by atoms with Crippen LogP contribution in [0.5, 0.6) is 0 Å². The Labute approximate surface area is 187 Å². The van der Waals surface area contributed by atoms with Gasteiger partial charge in [0.1, 0.15) is 34.6 Å². The number of oxime groups is 1. The molecule has 1 aromatic heterocycles. The molecule has 2 aliphatic rings. The average Bonchev–Trinajstić information content (AvgIpc) is 3.24. The number of nitrogens with one attached hydrogen (secondary N) is 1. The molecule has 31 heavy (non-hydrogen) atoms. The first-order valence-electron chi connectivity index (χ1n) is 8.97. The number of hydrogen-bond acceptors (Lipinski definition) is 5. The highest BCUT2D eigenvalue weighted by Gasteiger charge is 2.62. The third-order valence-electron chi connectivity index (χ3n) is 5.03. The van der Waals surface area contributed by atoms with Crippen molar-refractivity contribution in [3.63, 3.8) is 0 Å². The van der Waals surface area contributed by atoms with Crippen LogP contribution in [0.3, 0.4) is 0 Å². The van der Waals surface area contributed by atoms with Gasteiger partial charge in [0.25, 0.3) is 11.5 Å². The first-order chi connectivity index (χ1) is 14.5. The third-order valence-corrected chi connectivity index (χ3v) is 7.02. The fourth-order valence-electron chi connectivity index (χ4n) is 3.39. The number of carbonyl (C=O) groups is 1. The molecule has 0 bridgehead atoms. The molecule has 2 aromatic rings. The molecule has 2 aliphatic heterocycles. The van der Waals surface area contributed by atoms with Crippen LogP contribution >= 0.6 is 23.2 Å². The molecule has 0 radical (unpaired) electrons. The molecule has 1 amide bonds. The molecule has 7 nitrogen and oxygen atoms in total. The van der Waals surface area contributed by atoms with Gasteiger partial charge in [-0.05, 0) is 35.4 Å². The minimum absolute atomic E-state index is 0.0249. The summed E-state index contributed by atoms with van der Waals surface area (Å²) in [7, 11) is 1.49. The lowest BCUT2D eigenvalue weighted by Crippen LogP contribution is -2.53. The second-order valence-corrected chi connectivity index (χ2v) is 9.69. The maximum atomic E-state index is 14.1. The Bertz CT molecular complexity index is 1050. The summed E-state index contributed by atoms with van der Waals surface area (Å²) in [5, 5.41) is 10.5. The quantitative estimate of drug-likeness (QED) is 0.660. The fraction of sp³-hybridized carbons (Fsp3) is 0.389. The Hall–Kier alpha value is -1.95. The van der Waals surface area contributed by atoms with Gasteiger partial charge in [-0.25, -0.2) is 0 Å². The van der Waals surface area contributed by atoms with Gasteiger partial charge in [0.05, 0.1) is 6.42 Å². The summed E-state index contributed by atoms with van der Waals surface area (Å²) in [5.74, 6) is 0.270. The molecule has 1 saturated heterocycles. The maximum absolute atomic E-state index is 14.1. The second-order valence-electron chi connectivity index (χ2n) is 7.27. The lowest BCUT2D eigenvalue weighted by atomic mass is 9.87. The summed E-state index contributed by atoms with van der Waals surface area (Å²) in [4.78, 5) is 17.4. The van der Waals surface area contributed by atoms with Crippen LogP contribution < -0.4 is 5.32 Å². The highest BCUT2D eigenvalue weighted by Crippen LogP contribution is 2.49. The van der Waals surface area contributed by atoms with E-state index in [0.717, 1.165) is 12.1 Å². The van der Waals surface area contributed by atoms with Crippen molar-refractivity contribution in [2.75, 3.05) is 11.5 Å². The number of carbonyl (C=O) groups excluding carboxylic acids is 1. The van der Waals surface area contributed by atoms with E-state index in [1.165, 1.54) is 23.9 Å². The van der Waals surface area contributed by atoms with Crippen LogP contribution in [0.1, 0.15) is 28.2 Å². The van der Waals surface area contributed by atoms with E-state index in [2.05, 4.69) is 15.6 Å². The zero-order valence-corrected chi connectivity index (χ0v) is 18.2. The van der Waals surface area contributed by atoms with Crippen molar-refractivity contribution in [2.24, 2.45) is 12.2 Å². The van der Waals surface area contributed by atoms with Gasteiger partial charge in [-0.15, -0.1) is 0 Å². The number of aryl methyl sites for hydroxylation is 1. The van der Waals surface area contributed by atoms with Crippen molar-refractivity contribution in [1.29, 1.82) is 0 Å². The predicted octanol–water partition coefficient (Wildman–Crippen LogP) is 3.17. The van der Waals surface area contributed by atoms with Crippen molar-refractivity contribution >= 4 is 46.0 Å². The van der Waals surface area contributed by atoms with Crippen molar-refractivity contribution < 1.29 is 27.4 Å². The molecular formula is C18H15Cl2F3N4O3S. The van der Waals surface area contributed by atoms with Crippen molar-refractivity contribution in [3.05, 3.63) is 51.3 Å². The van der Waals surface area contributed by atoms with Gasteiger partial charge in [0.15, 0.2) is 0 Å². The van der Waals surface area contributed by atoms with Crippen LogP contribution in [0.2, 0.25) is 10.0 Å². The third kappa shape index (κ3) is 4.11. The standard InChI is InChI=1S/C18H15Cl2F3N4O3S/c1-27-15(16(28)24-12-7-31(29)8-12)5-13(25-27)14-6-17(30-26-14,18(21,22)23)9-2-10(19)4-11(20)3-9/h2-5,12H,6-8H2,1H3,(H,24,28). The van der Waals surface area contributed by atoms with Crippen LogP contribution in [-0.2, 0) is 28.7 Å². The van der Waals surface area contributed by atoms with Crippen molar-refractivity contribution in [1.82, 2.24) is 15.1 Å². The molecule has 1 fully saturated rings. The smallest absolute Gasteiger partial charge is 0.435 e. The number of nitrogens with zero attached hydrogens (tertiary/aromatic N) is 3. The average molecular weight is 495 g/mol. The molecule has 0 aliphatic carbocycles. The summed E-state index contributed by atoms with van der Waals surface area (Å²) in [6, 6.07) is 4.70. The Morgan fingerprint density at radius 3 is 2.52 bits per heavy atom. The molecule has 0 saturated carbocycles. The van der Waals surface area contributed by atoms with Gasteiger partial charge in [0, 0.05) is 22.7 Å². The molecule has 4 rings (SSSR count). The Kier molecular flexibility index (Phi) is 5.65. The van der Waals surface area contributed by atoms with E-state index in [1.54, 1.807) is 0 Å². The topological polar surface area (TPSA) is 91.6 Å². The summed E-state index contributed by atoms with van der Waals surface area (Å²) < 4.78 is 54.7. The number of benzene rings is 1.